The van der Waals surface area contributed by atoms with Crippen LogP contribution in [0.4, 0.5) is 4.39 Å². The van der Waals surface area contributed by atoms with Crippen molar-refractivity contribution >= 4 is 21.8 Å². The number of rotatable bonds is 5. The van der Waals surface area contributed by atoms with E-state index in [2.05, 4.69) is 26.6 Å². The van der Waals surface area contributed by atoms with Crippen molar-refractivity contribution in [2.24, 2.45) is 0 Å². The molecule has 1 aliphatic carbocycles. The summed E-state index contributed by atoms with van der Waals surface area (Å²) in [6.45, 7) is 1.25. The molecular weight excluding hydrogens is 311 g/mol. The van der Waals surface area contributed by atoms with Crippen LogP contribution in [-0.4, -0.2) is 25.0 Å². The summed E-state index contributed by atoms with van der Waals surface area (Å²) in [6, 6.07) is 5.03. The van der Waals surface area contributed by atoms with E-state index in [1.165, 1.54) is 37.8 Å². The van der Waals surface area contributed by atoms with Crippen LogP contribution in [0.1, 0.15) is 36.0 Å². The van der Waals surface area contributed by atoms with Crippen LogP contribution in [0.3, 0.4) is 0 Å². The first-order chi connectivity index (χ1) is 9.16. The Bertz CT molecular complexity index is 447. The molecule has 2 N–H and O–H groups in total. The number of carbonyl (C=O) groups excluding carboxylic acids is 1. The predicted molar refractivity (Wildman–Crippen MR) is 76.7 cm³/mol. The van der Waals surface area contributed by atoms with Crippen LogP contribution in [0.5, 0.6) is 0 Å². The lowest BCUT2D eigenvalue weighted by Gasteiger charge is -2.12. The van der Waals surface area contributed by atoms with Gasteiger partial charge in [-0.3, -0.25) is 4.79 Å². The summed E-state index contributed by atoms with van der Waals surface area (Å²) >= 11 is 3.17. The summed E-state index contributed by atoms with van der Waals surface area (Å²) in [4.78, 5) is 11.8. The summed E-state index contributed by atoms with van der Waals surface area (Å²) in [6.07, 6.45) is 5.01. The highest BCUT2D eigenvalue weighted by molar-refractivity contribution is 9.10. The average Bonchev–Trinajstić information content (AvgIpc) is 2.87. The third-order valence-electron chi connectivity index (χ3n) is 3.37. The molecule has 0 radical (unpaired) electrons. The Morgan fingerprint density at radius 1 is 1.32 bits per heavy atom. The maximum atomic E-state index is 13.5. The molecule has 0 bridgehead atoms. The summed E-state index contributed by atoms with van der Waals surface area (Å²) in [5, 5.41) is 6.12. The Morgan fingerprint density at radius 2 is 2.05 bits per heavy atom. The van der Waals surface area contributed by atoms with Gasteiger partial charge in [0.25, 0.3) is 5.91 Å². The zero-order chi connectivity index (χ0) is 13.7. The molecule has 0 spiro atoms. The molecule has 0 heterocycles. The Kier molecular flexibility index (Phi) is 5.34. The van der Waals surface area contributed by atoms with Gasteiger partial charge in [0, 0.05) is 23.6 Å². The second kappa shape index (κ2) is 7.01. The van der Waals surface area contributed by atoms with E-state index >= 15 is 0 Å². The second-order valence-corrected chi connectivity index (χ2v) is 5.73. The highest BCUT2D eigenvalue weighted by Crippen LogP contribution is 2.17. The molecule has 1 saturated carbocycles. The molecule has 104 valence electrons. The molecule has 1 aromatic carbocycles. The number of nitrogens with one attached hydrogen (secondary N) is 2. The second-order valence-electron chi connectivity index (χ2n) is 4.82. The molecule has 5 heteroatoms. The Labute approximate surface area is 121 Å². The number of halogens is 2. The van der Waals surface area contributed by atoms with Gasteiger partial charge in [-0.05, 0) is 31.0 Å². The largest absolute Gasteiger partial charge is 0.351 e. The van der Waals surface area contributed by atoms with Crippen molar-refractivity contribution in [1.82, 2.24) is 10.6 Å². The zero-order valence-electron chi connectivity index (χ0n) is 10.7. The lowest BCUT2D eigenvalue weighted by atomic mass is 10.2. The maximum absolute atomic E-state index is 13.5. The molecule has 1 aromatic rings. The predicted octanol–water partition coefficient (Wildman–Crippen LogP) is 2.85. The van der Waals surface area contributed by atoms with E-state index in [1.54, 1.807) is 6.07 Å². The number of carbonyl (C=O) groups is 1. The number of benzene rings is 1. The van der Waals surface area contributed by atoms with Crippen molar-refractivity contribution in [2.75, 3.05) is 13.1 Å². The standard InChI is InChI=1S/C14H18BrFN2O/c15-10-5-6-12(13(16)9-10)14(19)18-8-7-17-11-3-1-2-4-11/h5-6,9,11,17H,1-4,7-8H2,(H,18,19). The van der Waals surface area contributed by atoms with Crippen molar-refractivity contribution in [3.63, 3.8) is 0 Å². The van der Waals surface area contributed by atoms with Crippen molar-refractivity contribution in [2.45, 2.75) is 31.7 Å². The summed E-state index contributed by atoms with van der Waals surface area (Å²) in [7, 11) is 0. The first-order valence-electron chi connectivity index (χ1n) is 6.63. The van der Waals surface area contributed by atoms with Crippen LogP contribution in [-0.2, 0) is 0 Å². The van der Waals surface area contributed by atoms with Gasteiger partial charge in [0.1, 0.15) is 5.82 Å². The molecule has 0 saturated heterocycles. The first kappa shape index (κ1) is 14.5. The molecule has 19 heavy (non-hydrogen) atoms. The van der Waals surface area contributed by atoms with Crippen LogP contribution >= 0.6 is 15.9 Å². The SMILES string of the molecule is O=C(NCCNC1CCCC1)c1ccc(Br)cc1F. The monoisotopic (exact) mass is 328 g/mol. The number of hydrogen-bond donors (Lipinski definition) is 2. The Morgan fingerprint density at radius 3 is 2.74 bits per heavy atom. The van der Waals surface area contributed by atoms with Crippen LogP contribution in [0.25, 0.3) is 0 Å². The van der Waals surface area contributed by atoms with Gasteiger partial charge in [0.15, 0.2) is 0 Å². The van der Waals surface area contributed by atoms with Crippen LogP contribution < -0.4 is 10.6 Å². The molecule has 0 unspecified atom stereocenters. The highest BCUT2D eigenvalue weighted by Gasteiger charge is 2.14. The van der Waals surface area contributed by atoms with Gasteiger partial charge in [0.2, 0.25) is 0 Å². The van der Waals surface area contributed by atoms with Crippen molar-refractivity contribution in [1.29, 1.82) is 0 Å². The van der Waals surface area contributed by atoms with Crippen LogP contribution in [0.15, 0.2) is 22.7 Å². The topological polar surface area (TPSA) is 41.1 Å². The van der Waals surface area contributed by atoms with Crippen LogP contribution in [0, 0.1) is 5.82 Å². The lowest BCUT2D eigenvalue weighted by Crippen LogP contribution is -2.36. The van der Waals surface area contributed by atoms with E-state index in [-0.39, 0.29) is 11.5 Å². The van der Waals surface area contributed by atoms with Crippen molar-refractivity contribution in [3.05, 3.63) is 34.1 Å². The van der Waals surface area contributed by atoms with Crippen molar-refractivity contribution in [3.8, 4) is 0 Å². The molecule has 1 fully saturated rings. The van der Waals surface area contributed by atoms with Gasteiger partial charge in [-0.25, -0.2) is 4.39 Å². The number of hydrogen-bond acceptors (Lipinski definition) is 2. The van der Waals surface area contributed by atoms with Gasteiger partial charge in [-0.1, -0.05) is 28.8 Å². The Balaban J connectivity index is 1.74. The van der Waals surface area contributed by atoms with Gasteiger partial charge in [0.05, 0.1) is 5.56 Å². The first-order valence-corrected chi connectivity index (χ1v) is 7.43. The quantitative estimate of drug-likeness (QED) is 0.816. The minimum atomic E-state index is -0.504. The minimum absolute atomic E-state index is 0.0871. The molecular formula is C14H18BrFN2O. The molecule has 2 rings (SSSR count). The van der Waals surface area contributed by atoms with E-state index in [9.17, 15) is 9.18 Å². The fraction of sp³-hybridized carbons (Fsp3) is 0.500. The molecule has 0 aromatic heterocycles. The van der Waals surface area contributed by atoms with Gasteiger partial charge in [-0.2, -0.15) is 0 Å². The van der Waals surface area contributed by atoms with Gasteiger partial charge >= 0.3 is 0 Å². The normalized spacial score (nSPS) is 15.7. The highest BCUT2D eigenvalue weighted by atomic mass is 79.9. The molecule has 0 aliphatic heterocycles. The summed E-state index contributed by atoms with van der Waals surface area (Å²) in [5.74, 6) is -0.867. The van der Waals surface area contributed by atoms with Gasteiger partial charge in [-0.15, -0.1) is 0 Å². The Hall–Kier alpha value is -0.940. The van der Waals surface area contributed by atoms with E-state index < -0.39 is 5.82 Å². The fourth-order valence-corrected chi connectivity index (χ4v) is 2.68. The molecule has 1 amide bonds. The third kappa shape index (κ3) is 4.28. The van der Waals surface area contributed by atoms with Crippen LogP contribution in [0.2, 0.25) is 0 Å². The summed E-state index contributed by atoms with van der Waals surface area (Å²) in [5.41, 5.74) is 0.0871. The minimum Gasteiger partial charge on any atom is -0.351 e. The maximum Gasteiger partial charge on any atom is 0.254 e. The van der Waals surface area contributed by atoms with Crippen molar-refractivity contribution < 1.29 is 9.18 Å². The van der Waals surface area contributed by atoms with E-state index in [0.717, 1.165) is 6.54 Å². The molecule has 0 atom stereocenters. The summed E-state index contributed by atoms with van der Waals surface area (Å²) < 4.78 is 14.2. The average molecular weight is 329 g/mol. The van der Waals surface area contributed by atoms with Gasteiger partial charge < -0.3 is 10.6 Å². The third-order valence-corrected chi connectivity index (χ3v) is 3.87. The molecule has 1 aliphatic rings. The van der Waals surface area contributed by atoms with E-state index in [4.69, 9.17) is 0 Å². The van der Waals surface area contributed by atoms with E-state index in [1.807, 2.05) is 0 Å². The molecule has 3 nitrogen and oxygen atoms in total. The van der Waals surface area contributed by atoms with E-state index in [0.29, 0.717) is 17.1 Å². The zero-order valence-corrected chi connectivity index (χ0v) is 12.3. The fourth-order valence-electron chi connectivity index (χ4n) is 2.35. The lowest BCUT2D eigenvalue weighted by molar-refractivity contribution is 0.0949. The smallest absolute Gasteiger partial charge is 0.254 e. The number of amides is 1.